The van der Waals surface area contributed by atoms with Gasteiger partial charge in [0.2, 0.25) is 0 Å². The molecule has 1 N–H and O–H groups in total. The topological polar surface area (TPSA) is 28.7 Å². The van der Waals surface area contributed by atoms with Gasteiger partial charge in [-0.3, -0.25) is 5.10 Å². The van der Waals surface area contributed by atoms with Gasteiger partial charge in [-0.1, -0.05) is 18.3 Å². The molecule has 7 heteroatoms. The highest BCUT2D eigenvalue weighted by atomic mass is 32.1. The first-order chi connectivity index (χ1) is 8.38. The molecule has 0 amide bonds. The number of hydrogen-bond acceptors (Lipinski definition) is 2. The summed E-state index contributed by atoms with van der Waals surface area (Å²) in [5, 5.41) is 6.14. The molecule has 0 saturated carbocycles. The van der Waals surface area contributed by atoms with E-state index in [1.165, 1.54) is 18.3 Å². The fourth-order valence-electron chi connectivity index (χ4n) is 1.46. The highest BCUT2D eigenvalue weighted by Gasteiger charge is 2.34. The summed E-state index contributed by atoms with van der Waals surface area (Å²) < 4.78 is 51.0. The molecule has 0 bridgehead atoms. The summed E-state index contributed by atoms with van der Waals surface area (Å²) in [5.41, 5.74) is -0.709. The van der Waals surface area contributed by atoms with Crippen LogP contribution in [0.4, 0.5) is 17.6 Å². The van der Waals surface area contributed by atoms with Crippen LogP contribution in [-0.4, -0.2) is 10.2 Å². The van der Waals surface area contributed by atoms with Crippen molar-refractivity contribution >= 4 is 12.2 Å². The molecule has 0 aliphatic rings. The maximum Gasteiger partial charge on any atom is 0.419 e. The van der Waals surface area contributed by atoms with E-state index in [4.69, 9.17) is 12.2 Å². The van der Waals surface area contributed by atoms with Gasteiger partial charge >= 0.3 is 6.18 Å². The van der Waals surface area contributed by atoms with Crippen LogP contribution in [0.25, 0.3) is 11.1 Å². The largest absolute Gasteiger partial charge is 0.419 e. The minimum absolute atomic E-state index is 0.205. The summed E-state index contributed by atoms with van der Waals surface area (Å²) in [6, 6.07) is 4.21. The molecule has 0 spiro atoms. The Hall–Kier alpha value is -1.76. The lowest BCUT2D eigenvalue weighted by molar-refractivity contribution is -0.139. The van der Waals surface area contributed by atoms with Crippen molar-refractivity contribution in [2.45, 2.75) is 6.18 Å². The lowest BCUT2D eigenvalue weighted by Gasteiger charge is -2.09. The molecule has 94 valence electrons. The zero-order chi connectivity index (χ0) is 13.3. The number of nitrogens with zero attached hydrogens (tertiary/aromatic N) is 1. The minimum Gasteiger partial charge on any atom is -0.268 e. The molecule has 2 aromatic rings. The third kappa shape index (κ3) is 2.56. The average molecular weight is 274 g/mol. The molecule has 2 rings (SSSR count). The van der Waals surface area contributed by atoms with Crippen LogP contribution in [-0.2, 0) is 6.18 Å². The molecule has 0 unspecified atom stereocenters. The normalized spacial score (nSPS) is 11.6. The van der Waals surface area contributed by atoms with E-state index in [9.17, 15) is 17.6 Å². The molecule has 0 atom stereocenters. The number of alkyl halides is 3. The molecule has 0 fully saturated rings. The molecule has 0 aliphatic heterocycles. The first kappa shape index (κ1) is 12.7. The van der Waals surface area contributed by atoms with E-state index in [2.05, 4.69) is 10.2 Å². The van der Waals surface area contributed by atoms with Gasteiger partial charge < -0.3 is 0 Å². The first-order valence-electron chi connectivity index (χ1n) is 4.80. The van der Waals surface area contributed by atoms with E-state index in [0.717, 1.165) is 12.1 Å². The van der Waals surface area contributed by atoms with Crippen LogP contribution in [0.2, 0.25) is 0 Å². The van der Waals surface area contributed by atoms with Gasteiger partial charge in [-0.2, -0.15) is 18.3 Å². The SMILES string of the molecule is Fc1ccc(-c2cn[nH]c(=S)c2)cc1C(F)(F)F. The highest BCUT2D eigenvalue weighted by molar-refractivity contribution is 7.71. The third-order valence-corrected chi connectivity index (χ3v) is 2.48. The number of aromatic nitrogens is 2. The van der Waals surface area contributed by atoms with Crippen LogP contribution >= 0.6 is 12.2 Å². The Labute approximate surface area is 104 Å². The van der Waals surface area contributed by atoms with Crippen LogP contribution in [0, 0.1) is 10.5 Å². The highest BCUT2D eigenvalue weighted by Crippen LogP contribution is 2.34. The minimum atomic E-state index is -4.73. The standard InChI is InChI=1S/C11H6F4N2S/c12-9-2-1-6(3-8(9)11(13,14)15)7-4-10(18)17-16-5-7/h1-5H,(H,17,18). The number of H-pyrrole nitrogens is 1. The van der Waals surface area contributed by atoms with Crippen LogP contribution in [0.15, 0.2) is 30.5 Å². The Kier molecular flexibility index (Phi) is 3.16. The summed E-state index contributed by atoms with van der Waals surface area (Å²) in [7, 11) is 0. The summed E-state index contributed by atoms with van der Waals surface area (Å²) in [6.45, 7) is 0. The van der Waals surface area contributed by atoms with Crippen LogP contribution in [0.3, 0.4) is 0 Å². The molecule has 2 nitrogen and oxygen atoms in total. The van der Waals surface area contributed by atoms with Gasteiger partial charge in [-0.05, 0) is 23.8 Å². The lowest BCUT2D eigenvalue weighted by Crippen LogP contribution is -2.08. The monoisotopic (exact) mass is 274 g/mol. The van der Waals surface area contributed by atoms with E-state index in [0.29, 0.717) is 5.56 Å². The van der Waals surface area contributed by atoms with Gasteiger partial charge in [0, 0.05) is 5.56 Å². The zero-order valence-corrected chi connectivity index (χ0v) is 9.57. The Morgan fingerprint density at radius 2 is 1.83 bits per heavy atom. The number of nitrogens with one attached hydrogen (secondary N) is 1. The van der Waals surface area contributed by atoms with Gasteiger partial charge in [-0.15, -0.1) is 0 Å². The molecule has 18 heavy (non-hydrogen) atoms. The van der Waals surface area contributed by atoms with E-state index in [-0.39, 0.29) is 10.2 Å². The number of aromatic amines is 1. The lowest BCUT2D eigenvalue weighted by atomic mass is 10.0. The Morgan fingerprint density at radius 3 is 2.44 bits per heavy atom. The van der Waals surface area contributed by atoms with E-state index in [1.54, 1.807) is 0 Å². The first-order valence-corrected chi connectivity index (χ1v) is 5.20. The van der Waals surface area contributed by atoms with Crippen LogP contribution in [0.1, 0.15) is 5.56 Å². The van der Waals surface area contributed by atoms with Crippen molar-refractivity contribution < 1.29 is 17.6 Å². The molecule has 0 saturated heterocycles. The number of benzene rings is 1. The predicted octanol–water partition coefficient (Wildman–Crippen LogP) is 3.96. The number of rotatable bonds is 1. The van der Waals surface area contributed by atoms with E-state index in [1.807, 2.05) is 0 Å². The molecule has 0 radical (unpaired) electrons. The maximum absolute atomic E-state index is 13.1. The average Bonchev–Trinajstić information content (AvgIpc) is 2.28. The smallest absolute Gasteiger partial charge is 0.268 e. The van der Waals surface area contributed by atoms with Gasteiger partial charge in [0.05, 0.1) is 11.8 Å². The Balaban J connectivity index is 2.58. The molecular weight excluding hydrogens is 268 g/mol. The van der Waals surface area contributed by atoms with E-state index >= 15 is 0 Å². The van der Waals surface area contributed by atoms with Crippen molar-refractivity contribution in [2.75, 3.05) is 0 Å². The summed E-state index contributed by atoms with van der Waals surface area (Å²) in [4.78, 5) is 0. The van der Waals surface area contributed by atoms with Gasteiger partial charge in [0.1, 0.15) is 10.5 Å². The van der Waals surface area contributed by atoms with E-state index < -0.39 is 17.6 Å². The maximum atomic E-state index is 13.1. The quantitative estimate of drug-likeness (QED) is 0.629. The van der Waals surface area contributed by atoms with Crippen molar-refractivity contribution in [3.05, 3.63) is 46.5 Å². The van der Waals surface area contributed by atoms with Crippen molar-refractivity contribution in [1.82, 2.24) is 10.2 Å². The van der Waals surface area contributed by atoms with Crippen molar-refractivity contribution in [1.29, 1.82) is 0 Å². The van der Waals surface area contributed by atoms with Crippen LogP contribution < -0.4 is 0 Å². The Bertz CT molecular complexity index is 633. The third-order valence-electron chi connectivity index (χ3n) is 2.27. The van der Waals surface area contributed by atoms with Crippen molar-refractivity contribution in [2.24, 2.45) is 0 Å². The predicted molar refractivity (Wildman–Crippen MR) is 59.8 cm³/mol. The molecule has 1 heterocycles. The molecular formula is C11H6F4N2S. The fraction of sp³-hybridized carbons (Fsp3) is 0.0909. The van der Waals surface area contributed by atoms with Crippen molar-refractivity contribution in [3.8, 4) is 11.1 Å². The molecule has 1 aromatic carbocycles. The second kappa shape index (κ2) is 4.49. The van der Waals surface area contributed by atoms with Crippen molar-refractivity contribution in [3.63, 3.8) is 0 Å². The Morgan fingerprint density at radius 1 is 1.11 bits per heavy atom. The summed E-state index contributed by atoms with van der Waals surface area (Å²) >= 11 is 4.82. The number of hydrogen-bond donors (Lipinski definition) is 1. The molecule has 0 aliphatic carbocycles. The van der Waals surface area contributed by atoms with Gasteiger partial charge in [-0.25, -0.2) is 4.39 Å². The fourth-order valence-corrected chi connectivity index (χ4v) is 1.64. The number of halogens is 4. The second-order valence-corrected chi connectivity index (χ2v) is 3.97. The summed E-state index contributed by atoms with van der Waals surface area (Å²) in [5.74, 6) is -1.31. The molecule has 1 aromatic heterocycles. The summed E-state index contributed by atoms with van der Waals surface area (Å²) in [6.07, 6.45) is -3.41. The zero-order valence-electron chi connectivity index (χ0n) is 8.75. The van der Waals surface area contributed by atoms with Crippen LogP contribution in [0.5, 0.6) is 0 Å². The van der Waals surface area contributed by atoms with Gasteiger partial charge in [0.25, 0.3) is 0 Å². The van der Waals surface area contributed by atoms with Gasteiger partial charge in [0.15, 0.2) is 0 Å². The second-order valence-electron chi connectivity index (χ2n) is 3.53.